The predicted octanol–water partition coefficient (Wildman–Crippen LogP) is 3.02. The Balaban J connectivity index is 2.98. The molecule has 0 aliphatic heterocycles. The van der Waals surface area contributed by atoms with Gasteiger partial charge in [0.05, 0.1) is 7.11 Å². The van der Waals surface area contributed by atoms with E-state index in [0.717, 1.165) is 5.56 Å². The first-order valence-electron chi connectivity index (χ1n) is 5.61. The zero-order valence-corrected chi connectivity index (χ0v) is 10.8. The van der Waals surface area contributed by atoms with Gasteiger partial charge < -0.3 is 4.74 Å². The second-order valence-corrected chi connectivity index (χ2v) is 4.98. The highest BCUT2D eigenvalue weighted by atomic mass is 16.5. The Bertz CT molecular complexity index is 390. The number of rotatable bonds is 3. The van der Waals surface area contributed by atoms with Gasteiger partial charge >= 0.3 is 5.97 Å². The molecule has 1 aromatic rings. The summed E-state index contributed by atoms with van der Waals surface area (Å²) in [4.78, 5) is 16.0. The zero-order chi connectivity index (χ0) is 12.9. The molecule has 0 heterocycles. The third kappa shape index (κ3) is 4.39. The number of aliphatic imine (C=N–C) groups is 1. The molecular weight excluding hydrogens is 214 g/mol. The molecule has 0 aliphatic carbocycles. The van der Waals surface area contributed by atoms with Crippen LogP contribution in [0.1, 0.15) is 32.4 Å². The molecule has 0 unspecified atom stereocenters. The molecule has 0 aliphatic rings. The van der Waals surface area contributed by atoms with Gasteiger partial charge in [0.25, 0.3) is 0 Å². The predicted molar refractivity (Wildman–Crippen MR) is 69.1 cm³/mol. The minimum absolute atomic E-state index is 0.0545. The van der Waals surface area contributed by atoms with Crippen LogP contribution >= 0.6 is 0 Å². The van der Waals surface area contributed by atoms with Crippen molar-refractivity contribution in [3.05, 3.63) is 35.9 Å². The molecule has 0 bridgehead atoms. The van der Waals surface area contributed by atoms with E-state index in [9.17, 15) is 4.79 Å². The van der Waals surface area contributed by atoms with Crippen LogP contribution in [-0.4, -0.2) is 19.3 Å². The standard InChI is InChI=1S/C14H19NO2/c1-14(2,3)10-15-12(13(16)17-4)11-8-6-5-7-9-11/h5-10,12H,1-4H3/t12-/m1/s1. The van der Waals surface area contributed by atoms with Crippen molar-refractivity contribution in [2.24, 2.45) is 10.4 Å². The summed E-state index contributed by atoms with van der Waals surface area (Å²) in [7, 11) is 1.38. The fourth-order valence-electron chi connectivity index (χ4n) is 1.33. The smallest absolute Gasteiger partial charge is 0.335 e. The lowest BCUT2D eigenvalue weighted by molar-refractivity contribution is -0.142. The van der Waals surface area contributed by atoms with E-state index in [0.29, 0.717) is 0 Å². The van der Waals surface area contributed by atoms with Gasteiger partial charge in [0.15, 0.2) is 6.04 Å². The van der Waals surface area contributed by atoms with Crippen molar-refractivity contribution in [2.75, 3.05) is 7.11 Å². The van der Waals surface area contributed by atoms with Gasteiger partial charge in [-0.2, -0.15) is 0 Å². The van der Waals surface area contributed by atoms with Crippen molar-refractivity contribution in [1.82, 2.24) is 0 Å². The number of nitrogens with zero attached hydrogens (tertiary/aromatic N) is 1. The lowest BCUT2D eigenvalue weighted by atomic mass is 9.98. The maximum Gasteiger partial charge on any atom is 0.335 e. The van der Waals surface area contributed by atoms with Crippen molar-refractivity contribution in [2.45, 2.75) is 26.8 Å². The molecule has 17 heavy (non-hydrogen) atoms. The quantitative estimate of drug-likeness (QED) is 0.594. The van der Waals surface area contributed by atoms with Crippen LogP contribution in [0.2, 0.25) is 0 Å². The summed E-state index contributed by atoms with van der Waals surface area (Å²) in [5, 5.41) is 0. The van der Waals surface area contributed by atoms with Gasteiger partial charge in [-0.25, -0.2) is 4.79 Å². The number of carbonyl (C=O) groups excluding carboxylic acids is 1. The monoisotopic (exact) mass is 233 g/mol. The van der Waals surface area contributed by atoms with Gasteiger partial charge in [-0.1, -0.05) is 51.1 Å². The Morgan fingerprint density at radius 3 is 2.35 bits per heavy atom. The molecule has 3 heteroatoms. The average molecular weight is 233 g/mol. The van der Waals surface area contributed by atoms with Crippen molar-refractivity contribution in [1.29, 1.82) is 0 Å². The van der Waals surface area contributed by atoms with Crippen LogP contribution in [0.4, 0.5) is 0 Å². The van der Waals surface area contributed by atoms with Crippen LogP contribution < -0.4 is 0 Å². The number of ether oxygens (including phenoxy) is 1. The largest absolute Gasteiger partial charge is 0.467 e. The van der Waals surface area contributed by atoms with Gasteiger partial charge in [0.2, 0.25) is 0 Å². The highest BCUT2D eigenvalue weighted by molar-refractivity contribution is 5.80. The van der Waals surface area contributed by atoms with Gasteiger partial charge in [-0.3, -0.25) is 4.99 Å². The highest BCUT2D eigenvalue weighted by Gasteiger charge is 2.20. The molecule has 0 aromatic heterocycles. The summed E-state index contributed by atoms with van der Waals surface area (Å²) in [6, 6.07) is 8.87. The fourth-order valence-corrected chi connectivity index (χ4v) is 1.33. The summed E-state index contributed by atoms with van der Waals surface area (Å²) in [6.45, 7) is 6.11. The van der Waals surface area contributed by atoms with Gasteiger partial charge in [-0.15, -0.1) is 0 Å². The molecule has 0 spiro atoms. The molecule has 1 atom stereocenters. The first kappa shape index (κ1) is 13.4. The summed E-state index contributed by atoms with van der Waals surface area (Å²) in [5.41, 5.74) is 0.793. The van der Waals surface area contributed by atoms with E-state index in [1.165, 1.54) is 7.11 Å². The molecule has 1 aromatic carbocycles. The second kappa shape index (κ2) is 5.62. The molecule has 0 radical (unpaired) electrons. The van der Waals surface area contributed by atoms with E-state index in [1.54, 1.807) is 6.21 Å². The van der Waals surface area contributed by atoms with E-state index in [-0.39, 0.29) is 11.4 Å². The minimum Gasteiger partial charge on any atom is -0.467 e. The Morgan fingerprint density at radius 1 is 1.29 bits per heavy atom. The Labute approximate surface area is 103 Å². The van der Waals surface area contributed by atoms with Gasteiger partial charge in [0, 0.05) is 6.21 Å². The van der Waals surface area contributed by atoms with Crippen LogP contribution in [0, 0.1) is 5.41 Å². The number of methoxy groups -OCH3 is 1. The van der Waals surface area contributed by atoms with Crippen molar-refractivity contribution < 1.29 is 9.53 Å². The normalized spacial score (nSPS) is 13.6. The third-order valence-electron chi connectivity index (χ3n) is 2.15. The first-order chi connectivity index (χ1) is 7.94. The van der Waals surface area contributed by atoms with E-state index in [1.807, 2.05) is 51.1 Å². The molecule has 3 nitrogen and oxygen atoms in total. The molecule has 0 saturated carbocycles. The number of carbonyl (C=O) groups is 1. The second-order valence-electron chi connectivity index (χ2n) is 4.98. The number of hydrogen-bond donors (Lipinski definition) is 0. The van der Waals surface area contributed by atoms with E-state index in [4.69, 9.17) is 4.74 Å². The lowest BCUT2D eigenvalue weighted by Gasteiger charge is -2.14. The minimum atomic E-state index is -0.569. The van der Waals surface area contributed by atoms with Crippen LogP contribution in [-0.2, 0) is 9.53 Å². The summed E-state index contributed by atoms with van der Waals surface area (Å²) < 4.78 is 4.78. The van der Waals surface area contributed by atoms with Crippen LogP contribution in [0.15, 0.2) is 35.3 Å². The summed E-state index contributed by atoms with van der Waals surface area (Å²) in [6.07, 6.45) is 1.79. The van der Waals surface area contributed by atoms with E-state index in [2.05, 4.69) is 4.99 Å². The maximum absolute atomic E-state index is 11.7. The fraction of sp³-hybridized carbons (Fsp3) is 0.429. The van der Waals surface area contributed by atoms with Crippen LogP contribution in [0.25, 0.3) is 0 Å². The SMILES string of the molecule is COC(=O)[C@H](N=CC(C)(C)C)c1ccccc1. The highest BCUT2D eigenvalue weighted by Crippen LogP contribution is 2.20. The molecule has 0 amide bonds. The van der Waals surface area contributed by atoms with Crippen LogP contribution in [0.3, 0.4) is 0 Å². The van der Waals surface area contributed by atoms with E-state index >= 15 is 0 Å². The van der Waals surface area contributed by atoms with Crippen molar-refractivity contribution in [3.63, 3.8) is 0 Å². The Kier molecular flexibility index (Phi) is 4.44. The topological polar surface area (TPSA) is 38.7 Å². The Morgan fingerprint density at radius 2 is 1.88 bits per heavy atom. The van der Waals surface area contributed by atoms with Crippen molar-refractivity contribution >= 4 is 12.2 Å². The molecular formula is C14H19NO2. The first-order valence-corrected chi connectivity index (χ1v) is 5.61. The number of esters is 1. The number of benzene rings is 1. The van der Waals surface area contributed by atoms with Crippen LogP contribution in [0.5, 0.6) is 0 Å². The molecule has 1 rings (SSSR count). The average Bonchev–Trinajstić information content (AvgIpc) is 2.29. The zero-order valence-electron chi connectivity index (χ0n) is 10.8. The lowest BCUT2D eigenvalue weighted by Crippen LogP contribution is -2.15. The molecule has 92 valence electrons. The van der Waals surface area contributed by atoms with Gasteiger partial charge in [0.1, 0.15) is 0 Å². The molecule has 0 fully saturated rings. The summed E-state index contributed by atoms with van der Waals surface area (Å²) in [5.74, 6) is -0.336. The maximum atomic E-state index is 11.7. The molecule has 0 saturated heterocycles. The summed E-state index contributed by atoms with van der Waals surface area (Å²) >= 11 is 0. The third-order valence-corrected chi connectivity index (χ3v) is 2.15. The molecule has 0 N–H and O–H groups in total. The number of hydrogen-bond acceptors (Lipinski definition) is 3. The Hall–Kier alpha value is -1.64. The van der Waals surface area contributed by atoms with Crippen molar-refractivity contribution in [3.8, 4) is 0 Å². The van der Waals surface area contributed by atoms with E-state index < -0.39 is 6.04 Å². The van der Waals surface area contributed by atoms with Gasteiger partial charge in [-0.05, 0) is 11.0 Å².